The van der Waals surface area contributed by atoms with Crippen molar-refractivity contribution in [3.8, 4) is 0 Å². The lowest BCUT2D eigenvalue weighted by molar-refractivity contribution is 0.298. The first-order valence-corrected chi connectivity index (χ1v) is 7.68. The molecule has 4 rings (SSSR count). The van der Waals surface area contributed by atoms with E-state index in [1.54, 1.807) is 18.2 Å². The van der Waals surface area contributed by atoms with Crippen molar-refractivity contribution in [1.29, 1.82) is 0 Å². The lowest BCUT2D eigenvalue weighted by atomic mass is 10.0. The molecule has 118 valence electrons. The van der Waals surface area contributed by atoms with E-state index in [0.717, 1.165) is 43.8 Å². The Kier molecular flexibility index (Phi) is 4.41. The number of likely N-dealkylation sites (tertiary alicyclic amines) is 1. The van der Waals surface area contributed by atoms with Gasteiger partial charge >= 0.3 is 0 Å². The predicted octanol–water partition coefficient (Wildman–Crippen LogP) is 1.65. The number of halogens is 2. The number of nitrogens with zero attached hydrogens (tertiary/aromatic N) is 2. The van der Waals surface area contributed by atoms with Crippen LogP contribution in [0.1, 0.15) is 5.82 Å². The van der Waals surface area contributed by atoms with Gasteiger partial charge in [0.2, 0.25) is 0 Å². The van der Waals surface area contributed by atoms with Crippen molar-refractivity contribution in [1.82, 2.24) is 20.2 Å². The van der Waals surface area contributed by atoms with Gasteiger partial charge in [0.1, 0.15) is 5.82 Å². The quantitative estimate of drug-likeness (QED) is 0.872. The third-order valence-corrected chi connectivity index (χ3v) is 4.79. The van der Waals surface area contributed by atoms with Gasteiger partial charge in [-0.15, -0.1) is 12.4 Å². The molecular weight excluding hydrogens is 323 g/mol. The SMILES string of the molecule is Cl.O=c1[nH]c(CN2C[C@H]3CNC[C@H]3C2)nc2ccc(Cl)cc12. The van der Waals surface area contributed by atoms with Crippen molar-refractivity contribution >= 4 is 34.9 Å². The number of fused-ring (bicyclic) bond motifs is 2. The average Bonchev–Trinajstić information content (AvgIpc) is 3.00. The largest absolute Gasteiger partial charge is 0.316 e. The van der Waals surface area contributed by atoms with Crippen molar-refractivity contribution in [3.63, 3.8) is 0 Å². The number of nitrogens with one attached hydrogen (secondary N) is 2. The van der Waals surface area contributed by atoms with E-state index in [9.17, 15) is 4.79 Å². The van der Waals surface area contributed by atoms with Crippen molar-refractivity contribution in [2.45, 2.75) is 6.54 Å². The molecule has 0 radical (unpaired) electrons. The van der Waals surface area contributed by atoms with E-state index in [4.69, 9.17) is 11.6 Å². The molecule has 2 N–H and O–H groups in total. The van der Waals surface area contributed by atoms with Gasteiger partial charge in [0, 0.05) is 18.1 Å². The Morgan fingerprint density at radius 2 is 2.00 bits per heavy atom. The van der Waals surface area contributed by atoms with E-state index in [1.165, 1.54) is 0 Å². The highest BCUT2D eigenvalue weighted by molar-refractivity contribution is 6.31. The van der Waals surface area contributed by atoms with Crippen molar-refractivity contribution in [2.24, 2.45) is 11.8 Å². The maximum atomic E-state index is 12.1. The molecule has 2 saturated heterocycles. The summed E-state index contributed by atoms with van der Waals surface area (Å²) in [7, 11) is 0. The van der Waals surface area contributed by atoms with Crippen LogP contribution in [0.4, 0.5) is 0 Å². The molecule has 0 aliphatic carbocycles. The number of aromatic nitrogens is 2. The number of hydrogen-bond acceptors (Lipinski definition) is 4. The second-order valence-corrected chi connectivity index (χ2v) is 6.48. The molecule has 0 saturated carbocycles. The molecular formula is C15H18Cl2N4O. The van der Waals surface area contributed by atoms with Gasteiger partial charge in [0.05, 0.1) is 17.4 Å². The lowest BCUT2D eigenvalue weighted by Gasteiger charge is -2.16. The summed E-state index contributed by atoms with van der Waals surface area (Å²) < 4.78 is 0. The normalized spacial score (nSPS) is 24.4. The predicted molar refractivity (Wildman–Crippen MR) is 89.7 cm³/mol. The maximum Gasteiger partial charge on any atom is 0.258 e. The zero-order chi connectivity index (χ0) is 14.4. The fourth-order valence-electron chi connectivity index (χ4n) is 3.53. The topological polar surface area (TPSA) is 61.0 Å². The van der Waals surface area contributed by atoms with E-state index in [0.29, 0.717) is 22.5 Å². The molecule has 1 aromatic heterocycles. The summed E-state index contributed by atoms with van der Waals surface area (Å²) in [6, 6.07) is 5.24. The van der Waals surface area contributed by atoms with Gasteiger partial charge in [-0.1, -0.05) is 11.6 Å². The zero-order valence-electron chi connectivity index (χ0n) is 12.0. The Morgan fingerprint density at radius 1 is 1.27 bits per heavy atom. The highest BCUT2D eigenvalue weighted by Crippen LogP contribution is 2.27. The van der Waals surface area contributed by atoms with Crippen LogP contribution in [0.25, 0.3) is 10.9 Å². The molecule has 5 nitrogen and oxygen atoms in total. The van der Waals surface area contributed by atoms with Crippen molar-refractivity contribution in [3.05, 3.63) is 39.4 Å². The minimum Gasteiger partial charge on any atom is -0.316 e. The van der Waals surface area contributed by atoms with Gasteiger partial charge in [0.15, 0.2) is 0 Å². The Balaban J connectivity index is 0.00000144. The zero-order valence-corrected chi connectivity index (χ0v) is 13.6. The standard InChI is InChI=1S/C15H17ClN4O.ClH/c16-11-1-2-13-12(3-11)15(21)19-14(18-13)8-20-6-9-4-17-5-10(9)7-20;/h1-3,9-10,17H,4-8H2,(H,18,19,21);1H/t9-,10+;. The fourth-order valence-corrected chi connectivity index (χ4v) is 3.70. The summed E-state index contributed by atoms with van der Waals surface area (Å²) in [6.07, 6.45) is 0. The van der Waals surface area contributed by atoms with Crippen LogP contribution in [-0.2, 0) is 6.54 Å². The average molecular weight is 341 g/mol. The lowest BCUT2D eigenvalue weighted by Crippen LogP contribution is -2.27. The Morgan fingerprint density at radius 3 is 2.73 bits per heavy atom. The minimum absolute atomic E-state index is 0. The number of benzene rings is 1. The molecule has 2 aliphatic rings. The minimum atomic E-state index is -0.112. The molecule has 7 heteroatoms. The molecule has 2 atom stereocenters. The van der Waals surface area contributed by atoms with Crippen molar-refractivity contribution < 1.29 is 0 Å². The van der Waals surface area contributed by atoms with Gasteiger partial charge < -0.3 is 10.3 Å². The van der Waals surface area contributed by atoms with Gasteiger partial charge in [-0.3, -0.25) is 9.69 Å². The van der Waals surface area contributed by atoms with E-state index in [1.807, 2.05) is 0 Å². The molecule has 0 bridgehead atoms. The molecule has 3 heterocycles. The summed E-state index contributed by atoms with van der Waals surface area (Å²) in [6.45, 7) is 5.10. The molecule has 22 heavy (non-hydrogen) atoms. The van der Waals surface area contributed by atoms with Crippen molar-refractivity contribution in [2.75, 3.05) is 26.2 Å². The summed E-state index contributed by atoms with van der Waals surface area (Å²) in [4.78, 5) is 22.0. The van der Waals surface area contributed by atoms with E-state index < -0.39 is 0 Å². The van der Waals surface area contributed by atoms with Gasteiger partial charge in [-0.05, 0) is 43.1 Å². The molecule has 0 amide bonds. The smallest absolute Gasteiger partial charge is 0.258 e. The molecule has 2 aliphatic heterocycles. The summed E-state index contributed by atoms with van der Waals surface area (Å²) in [5, 5.41) is 4.54. The van der Waals surface area contributed by atoms with Gasteiger partial charge in [0.25, 0.3) is 5.56 Å². The van der Waals surface area contributed by atoms with Crippen LogP contribution in [-0.4, -0.2) is 41.0 Å². The van der Waals surface area contributed by atoms with Crippen LogP contribution in [0.3, 0.4) is 0 Å². The first-order chi connectivity index (χ1) is 10.2. The van der Waals surface area contributed by atoms with Crippen LogP contribution in [0.5, 0.6) is 0 Å². The third kappa shape index (κ3) is 2.86. The van der Waals surface area contributed by atoms with E-state index >= 15 is 0 Å². The molecule has 0 spiro atoms. The van der Waals surface area contributed by atoms with Gasteiger partial charge in [-0.25, -0.2) is 4.98 Å². The molecule has 1 aromatic carbocycles. The number of H-pyrrole nitrogens is 1. The third-order valence-electron chi connectivity index (χ3n) is 4.55. The highest BCUT2D eigenvalue weighted by atomic mass is 35.5. The molecule has 2 aromatic rings. The molecule has 2 fully saturated rings. The first-order valence-electron chi connectivity index (χ1n) is 7.30. The Bertz CT molecular complexity index is 736. The second-order valence-electron chi connectivity index (χ2n) is 6.05. The van der Waals surface area contributed by atoms with E-state index in [2.05, 4.69) is 20.2 Å². The second kappa shape index (κ2) is 6.16. The maximum absolute atomic E-state index is 12.1. The Hall–Kier alpha value is -1.14. The fraction of sp³-hybridized carbons (Fsp3) is 0.467. The monoisotopic (exact) mass is 340 g/mol. The van der Waals surface area contributed by atoms with Crippen LogP contribution < -0.4 is 10.9 Å². The number of aromatic amines is 1. The van der Waals surface area contributed by atoms with Gasteiger partial charge in [-0.2, -0.15) is 0 Å². The first kappa shape index (κ1) is 15.7. The number of hydrogen-bond donors (Lipinski definition) is 2. The Labute approximate surface area is 139 Å². The molecule has 0 unspecified atom stereocenters. The van der Waals surface area contributed by atoms with Crippen LogP contribution in [0.2, 0.25) is 5.02 Å². The summed E-state index contributed by atoms with van der Waals surface area (Å²) >= 11 is 5.93. The van der Waals surface area contributed by atoms with Crippen LogP contribution >= 0.6 is 24.0 Å². The summed E-state index contributed by atoms with van der Waals surface area (Å²) in [5.74, 6) is 2.23. The van der Waals surface area contributed by atoms with Crippen LogP contribution in [0.15, 0.2) is 23.0 Å². The van der Waals surface area contributed by atoms with E-state index in [-0.39, 0.29) is 18.0 Å². The summed E-state index contributed by atoms with van der Waals surface area (Å²) in [5.41, 5.74) is 0.595. The van der Waals surface area contributed by atoms with Crippen LogP contribution in [0, 0.1) is 11.8 Å². The number of rotatable bonds is 2. The highest BCUT2D eigenvalue weighted by Gasteiger charge is 2.36.